The minimum Gasteiger partial charge on any atom is -0.349 e. The van der Waals surface area contributed by atoms with Crippen LogP contribution in [0.1, 0.15) is 52.4 Å². The number of rotatable bonds is 4. The Hall–Kier alpha value is -0.0800. The number of hydrogen-bond donors (Lipinski definition) is 0. The first-order valence-electron chi connectivity index (χ1n) is 6.09. The summed E-state index contributed by atoms with van der Waals surface area (Å²) in [4.78, 5) is 0. The first kappa shape index (κ1) is 10.4. The Labute approximate surface area is 87.0 Å². The Morgan fingerprint density at radius 2 is 2.14 bits per heavy atom. The first-order chi connectivity index (χ1) is 6.79. The Bertz CT molecular complexity index is 193. The van der Waals surface area contributed by atoms with Crippen LogP contribution in [-0.2, 0) is 9.47 Å². The molecule has 82 valence electrons. The Balaban J connectivity index is 1.94. The fourth-order valence-electron chi connectivity index (χ4n) is 2.86. The highest BCUT2D eigenvalue weighted by Crippen LogP contribution is 2.43. The molecule has 3 unspecified atom stereocenters. The van der Waals surface area contributed by atoms with Crippen molar-refractivity contribution in [2.75, 3.05) is 6.61 Å². The van der Waals surface area contributed by atoms with Crippen molar-refractivity contribution in [1.82, 2.24) is 0 Å². The summed E-state index contributed by atoms with van der Waals surface area (Å²) < 4.78 is 11.8. The maximum atomic E-state index is 6.07. The molecule has 0 amide bonds. The molecule has 0 aliphatic carbocycles. The fourth-order valence-corrected chi connectivity index (χ4v) is 2.86. The molecule has 0 aromatic heterocycles. The van der Waals surface area contributed by atoms with Gasteiger partial charge in [-0.05, 0) is 25.7 Å². The van der Waals surface area contributed by atoms with E-state index in [1.54, 1.807) is 0 Å². The van der Waals surface area contributed by atoms with Crippen molar-refractivity contribution < 1.29 is 9.47 Å². The molecule has 2 heterocycles. The molecule has 3 atom stereocenters. The third-order valence-electron chi connectivity index (χ3n) is 3.60. The summed E-state index contributed by atoms with van der Waals surface area (Å²) in [7, 11) is 0. The predicted octanol–water partition coefficient (Wildman–Crippen LogP) is 3.11. The summed E-state index contributed by atoms with van der Waals surface area (Å²) >= 11 is 0. The lowest BCUT2D eigenvalue weighted by atomic mass is 9.85. The quantitative estimate of drug-likeness (QED) is 0.691. The van der Waals surface area contributed by atoms with Crippen molar-refractivity contribution in [3.05, 3.63) is 0 Å². The highest BCUT2D eigenvalue weighted by Gasteiger charge is 2.47. The van der Waals surface area contributed by atoms with E-state index in [0.717, 1.165) is 6.61 Å². The van der Waals surface area contributed by atoms with E-state index in [1.807, 2.05) is 0 Å². The monoisotopic (exact) mass is 198 g/mol. The molecule has 0 saturated carbocycles. The van der Waals surface area contributed by atoms with Crippen molar-refractivity contribution in [2.24, 2.45) is 5.92 Å². The summed E-state index contributed by atoms with van der Waals surface area (Å²) in [5.41, 5.74) is 0.101. The molecule has 0 N–H and O–H groups in total. The molecular weight excluding hydrogens is 176 g/mol. The summed E-state index contributed by atoms with van der Waals surface area (Å²) in [5, 5.41) is 0. The van der Waals surface area contributed by atoms with Gasteiger partial charge in [0.05, 0.1) is 12.2 Å². The van der Waals surface area contributed by atoms with Crippen molar-refractivity contribution >= 4 is 0 Å². The summed E-state index contributed by atoms with van der Waals surface area (Å²) in [6, 6.07) is 0. The molecule has 0 radical (unpaired) electrons. The van der Waals surface area contributed by atoms with Gasteiger partial charge in [0, 0.05) is 5.92 Å². The fraction of sp³-hybridized carbons (Fsp3) is 1.00. The van der Waals surface area contributed by atoms with E-state index in [9.17, 15) is 0 Å². The van der Waals surface area contributed by atoms with E-state index < -0.39 is 0 Å². The van der Waals surface area contributed by atoms with E-state index in [-0.39, 0.29) is 11.9 Å². The van der Waals surface area contributed by atoms with Crippen LogP contribution in [-0.4, -0.2) is 18.5 Å². The molecule has 2 aliphatic rings. The van der Waals surface area contributed by atoms with Crippen LogP contribution < -0.4 is 0 Å². The zero-order valence-corrected chi connectivity index (χ0v) is 9.42. The molecule has 2 bridgehead atoms. The van der Waals surface area contributed by atoms with Crippen molar-refractivity contribution in [3.63, 3.8) is 0 Å². The highest BCUT2D eigenvalue weighted by molar-refractivity contribution is 4.91. The molecular formula is C12H22O2. The van der Waals surface area contributed by atoms with Crippen LogP contribution in [0.15, 0.2) is 0 Å². The SMILES string of the molecule is CCCC1CCC2(CCC)COC1O2. The van der Waals surface area contributed by atoms with Crippen LogP contribution in [0.25, 0.3) is 0 Å². The third kappa shape index (κ3) is 1.82. The van der Waals surface area contributed by atoms with Gasteiger partial charge in [0.15, 0.2) is 6.29 Å². The molecule has 2 rings (SSSR count). The van der Waals surface area contributed by atoms with Crippen LogP contribution in [0, 0.1) is 5.92 Å². The molecule has 0 spiro atoms. The second-order valence-corrected chi connectivity index (χ2v) is 4.82. The minimum atomic E-state index is 0.101. The maximum Gasteiger partial charge on any atom is 0.161 e. The highest BCUT2D eigenvalue weighted by atomic mass is 16.7. The number of ether oxygens (including phenoxy) is 2. The van der Waals surface area contributed by atoms with Gasteiger partial charge in [0.25, 0.3) is 0 Å². The first-order valence-corrected chi connectivity index (χ1v) is 6.09. The molecule has 2 aliphatic heterocycles. The van der Waals surface area contributed by atoms with E-state index in [1.165, 1.54) is 38.5 Å². The van der Waals surface area contributed by atoms with Gasteiger partial charge in [-0.2, -0.15) is 0 Å². The lowest BCUT2D eigenvalue weighted by Crippen LogP contribution is -2.38. The molecule has 0 aromatic rings. The number of hydrogen-bond acceptors (Lipinski definition) is 2. The summed E-state index contributed by atoms with van der Waals surface area (Å²) in [6.45, 7) is 5.30. The van der Waals surface area contributed by atoms with Crippen molar-refractivity contribution in [3.8, 4) is 0 Å². The van der Waals surface area contributed by atoms with Gasteiger partial charge in [-0.3, -0.25) is 0 Å². The van der Waals surface area contributed by atoms with Crippen LogP contribution in [0.5, 0.6) is 0 Å². The second kappa shape index (κ2) is 4.19. The average molecular weight is 198 g/mol. The van der Waals surface area contributed by atoms with Crippen molar-refractivity contribution in [1.29, 1.82) is 0 Å². The summed E-state index contributed by atoms with van der Waals surface area (Å²) in [6.07, 6.45) is 7.51. The molecule has 2 heteroatoms. The molecule has 0 aromatic carbocycles. The van der Waals surface area contributed by atoms with Gasteiger partial charge in [0.1, 0.15) is 0 Å². The summed E-state index contributed by atoms with van der Waals surface area (Å²) in [5.74, 6) is 0.660. The van der Waals surface area contributed by atoms with Crippen LogP contribution in [0.3, 0.4) is 0 Å². The normalized spacial score (nSPS) is 41.6. The molecule has 2 nitrogen and oxygen atoms in total. The molecule has 14 heavy (non-hydrogen) atoms. The minimum absolute atomic E-state index is 0.101. The topological polar surface area (TPSA) is 18.5 Å². The van der Waals surface area contributed by atoms with E-state index in [0.29, 0.717) is 5.92 Å². The van der Waals surface area contributed by atoms with Gasteiger partial charge in [-0.1, -0.05) is 26.7 Å². The Kier molecular flexibility index (Phi) is 3.13. The van der Waals surface area contributed by atoms with E-state index in [4.69, 9.17) is 9.47 Å². The zero-order valence-electron chi connectivity index (χ0n) is 9.42. The van der Waals surface area contributed by atoms with Crippen LogP contribution in [0.4, 0.5) is 0 Å². The number of fused-ring (bicyclic) bond motifs is 2. The van der Waals surface area contributed by atoms with E-state index >= 15 is 0 Å². The van der Waals surface area contributed by atoms with Gasteiger partial charge in [-0.15, -0.1) is 0 Å². The van der Waals surface area contributed by atoms with Gasteiger partial charge in [0.2, 0.25) is 0 Å². The standard InChI is InChI=1S/C12H22O2/c1-3-5-10-6-8-12(7-4-2)9-13-11(10)14-12/h10-11H,3-9H2,1-2H3. The van der Waals surface area contributed by atoms with Crippen molar-refractivity contribution in [2.45, 2.75) is 64.3 Å². The zero-order chi connectivity index (χ0) is 10.0. The Morgan fingerprint density at radius 1 is 1.29 bits per heavy atom. The van der Waals surface area contributed by atoms with Gasteiger partial charge >= 0.3 is 0 Å². The molecule has 2 saturated heterocycles. The predicted molar refractivity (Wildman–Crippen MR) is 56.1 cm³/mol. The van der Waals surface area contributed by atoms with Gasteiger partial charge in [-0.25, -0.2) is 0 Å². The van der Waals surface area contributed by atoms with Crippen LogP contribution in [0.2, 0.25) is 0 Å². The lowest BCUT2D eigenvalue weighted by Gasteiger charge is -2.35. The maximum absolute atomic E-state index is 6.07. The third-order valence-corrected chi connectivity index (χ3v) is 3.60. The van der Waals surface area contributed by atoms with Crippen LogP contribution >= 0.6 is 0 Å². The average Bonchev–Trinajstić information content (AvgIpc) is 2.52. The van der Waals surface area contributed by atoms with Gasteiger partial charge < -0.3 is 9.47 Å². The lowest BCUT2D eigenvalue weighted by molar-refractivity contribution is -0.156. The second-order valence-electron chi connectivity index (χ2n) is 4.82. The van der Waals surface area contributed by atoms with E-state index in [2.05, 4.69) is 13.8 Å². The Morgan fingerprint density at radius 3 is 2.86 bits per heavy atom. The largest absolute Gasteiger partial charge is 0.349 e. The molecule has 2 fully saturated rings. The smallest absolute Gasteiger partial charge is 0.161 e.